The first-order valence-electron chi connectivity index (χ1n) is 4.87. The maximum atomic E-state index is 11.7. The van der Waals surface area contributed by atoms with Crippen molar-refractivity contribution in [3.8, 4) is 5.75 Å². The Morgan fingerprint density at radius 2 is 2.27 bits per heavy atom. The molecule has 4 heteroatoms. The molecule has 2 rings (SSSR count). The zero-order valence-electron chi connectivity index (χ0n) is 8.33. The van der Waals surface area contributed by atoms with E-state index in [2.05, 4.69) is 28.2 Å². The highest BCUT2D eigenvalue weighted by Crippen LogP contribution is 2.30. The van der Waals surface area contributed by atoms with Crippen molar-refractivity contribution >= 4 is 21.8 Å². The molecule has 80 valence electrons. The molecule has 1 aliphatic rings. The average molecular weight is 270 g/mol. The second kappa shape index (κ2) is 3.85. The van der Waals surface area contributed by atoms with Gasteiger partial charge in [-0.2, -0.15) is 0 Å². The van der Waals surface area contributed by atoms with E-state index in [0.29, 0.717) is 11.5 Å². The van der Waals surface area contributed by atoms with Crippen LogP contribution < -0.4 is 5.32 Å². The predicted octanol–water partition coefficient (Wildman–Crippen LogP) is 2.29. The Bertz CT molecular complexity index is 406. The van der Waals surface area contributed by atoms with Crippen LogP contribution in [0.1, 0.15) is 23.7 Å². The Labute approximate surface area is 96.6 Å². The molecule has 15 heavy (non-hydrogen) atoms. The third kappa shape index (κ3) is 2.31. The second-order valence-electron chi connectivity index (χ2n) is 3.95. The van der Waals surface area contributed by atoms with E-state index >= 15 is 0 Å². The molecule has 0 aliphatic heterocycles. The van der Waals surface area contributed by atoms with Crippen LogP contribution >= 0.6 is 15.9 Å². The van der Waals surface area contributed by atoms with E-state index in [1.54, 1.807) is 12.1 Å². The molecule has 2 unspecified atom stereocenters. The van der Waals surface area contributed by atoms with Crippen LogP contribution in [0.4, 0.5) is 0 Å². The summed E-state index contributed by atoms with van der Waals surface area (Å²) in [6.45, 7) is 2.09. The quantitative estimate of drug-likeness (QED) is 0.866. The van der Waals surface area contributed by atoms with Crippen molar-refractivity contribution < 1.29 is 9.90 Å². The number of nitrogens with one attached hydrogen (secondary N) is 1. The molecule has 1 aliphatic carbocycles. The second-order valence-corrected chi connectivity index (χ2v) is 4.87. The molecule has 0 bridgehead atoms. The zero-order chi connectivity index (χ0) is 11.0. The monoisotopic (exact) mass is 269 g/mol. The van der Waals surface area contributed by atoms with Gasteiger partial charge in [-0.3, -0.25) is 4.79 Å². The topological polar surface area (TPSA) is 49.3 Å². The van der Waals surface area contributed by atoms with Gasteiger partial charge in [-0.25, -0.2) is 0 Å². The Kier molecular flexibility index (Phi) is 2.69. The van der Waals surface area contributed by atoms with E-state index in [1.807, 2.05) is 0 Å². The van der Waals surface area contributed by atoms with E-state index in [0.717, 1.165) is 10.9 Å². The van der Waals surface area contributed by atoms with Gasteiger partial charge in [-0.05, 0) is 30.5 Å². The Morgan fingerprint density at radius 3 is 2.80 bits per heavy atom. The number of amides is 1. The molecule has 0 aromatic heterocycles. The number of carbonyl (C=O) groups excluding carboxylic acids is 1. The molecule has 1 fully saturated rings. The molecule has 0 spiro atoms. The number of hydrogen-bond acceptors (Lipinski definition) is 2. The summed E-state index contributed by atoms with van der Waals surface area (Å²) < 4.78 is 0.760. The van der Waals surface area contributed by atoms with Crippen molar-refractivity contribution in [3.05, 3.63) is 28.2 Å². The van der Waals surface area contributed by atoms with Gasteiger partial charge in [0.25, 0.3) is 5.91 Å². The van der Waals surface area contributed by atoms with Gasteiger partial charge in [0.1, 0.15) is 5.75 Å². The molecule has 3 nitrogen and oxygen atoms in total. The smallest absolute Gasteiger partial charge is 0.255 e. The molecule has 1 aromatic rings. The minimum Gasteiger partial charge on any atom is -0.507 e. The molecule has 0 heterocycles. The molecule has 0 radical (unpaired) electrons. The van der Waals surface area contributed by atoms with Crippen molar-refractivity contribution in [2.75, 3.05) is 0 Å². The van der Waals surface area contributed by atoms with Crippen LogP contribution in [0.15, 0.2) is 22.7 Å². The Balaban J connectivity index is 2.11. The lowest BCUT2D eigenvalue weighted by Crippen LogP contribution is -2.26. The summed E-state index contributed by atoms with van der Waals surface area (Å²) >= 11 is 3.23. The fourth-order valence-corrected chi connectivity index (χ4v) is 1.82. The number of carbonyl (C=O) groups is 1. The molecule has 1 saturated carbocycles. The minimum atomic E-state index is -0.200. The zero-order valence-corrected chi connectivity index (χ0v) is 9.91. The average Bonchev–Trinajstić information content (AvgIpc) is 2.81. The van der Waals surface area contributed by atoms with Gasteiger partial charge in [-0.15, -0.1) is 0 Å². The summed E-state index contributed by atoms with van der Waals surface area (Å²) in [5.74, 6) is 0.371. The third-order valence-corrected chi connectivity index (χ3v) is 3.12. The van der Waals surface area contributed by atoms with Gasteiger partial charge in [0.05, 0.1) is 5.56 Å². The number of phenols is 1. The fraction of sp³-hybridized carbons (Fsp3) is 0.364. The normalized spacial score (nSPS) is 23.6. The van der Waals surface area contributed by atoms with Crippen molar-refractivity contribution in [1.29, 1.82) is 0 Å². The summed E-state index contributed by atoms with van der Waals surface area (Å²) in [4.78, 5) is 11.7. The SMILES string of the molecule is CC1CC1NC(=O)c1ccc(Br)cc1O. The highest BCUT2D eigenvalue weighted by atomic mass is 79.9. The van der Waals surface area contributed by atoms with E-state index < -0.39 is 0 Å². The molecule has 0 saturated heterocycles. The predicted molar refractivity (Wildman–Crippen MR) is 60.8 cm³/mol. The maximum Gasteiger partial charge on any atom is 0.255 e. The molecule has 2 N–H and O–H groups in total. The first kappa shape index (κ1) is 10.5. The van der Waals surface area contributed by atoms with Crippen LogP contribution in [0, 0.1) is 5.92 Å². The Hall–Kier alpha value is -1.03. The van der Waals surface area contributed by atoms with Gasteiger partial charge in [0.2, 0.25) is 0 Å². The number of hydrogen-bond donors (Lipinski definition) is 2. The van der Waals surface area contributed by atoms with Crippen LogP contribution in [0.3, 0.4) is 0 Å². The first-order valence-corrected chi connectivity index (χ1v) is 5.66. The van der Waals surface area contributed by atoms with E-state index in [9.17, 15) is 9.90 Å². The summed E-state index contributed by atoms with van der Waals surface area (Å²) in [7, 11) is 0. The Morgan fingerprint density at radius 1 is 1.60 bits per heavy atom. The van der Waals surface area contributed by atoms with Crippen LogP contribution in [0.5, 0.6) is 5.75 Å². The number of benzene rings is 1. The van der Waals surface area contributed by atoms with Crippen LogP contribution in [0.2, 0.25) is 0 Å². The van der Waals surface area contributed by atoms with Gasteiger partial charge in [-0.1, -0.05) is 22.9 Å². The van der Waals surface area contributed by atoms with Crippen molar-refractivity contribution in [2.45, 2.75) is 19.4 Å². The minimum absolute atomic E-state index is 0.00942. The standard InChI is InChI=1S/C11H12BrNO2/c1-6-4-9(6)13-11(15)8-3-2-7(12)5-10(8)14/h2-3,5-6,9,14H,4H2,1H3,(H,13,15). The summed E-state index contributed by atoms with van der Waals surface area (Å²) in [6.07, 6.45) is 1.03. The number of rotatable bonds is 2. The molecular weight excluding hydrogens is 258 g/mol. The lowest BCUT2D eigenvalue weighted by molar-refractivity contribution is 0.0946. The van der Waals surface area contributed by atoms with Gasteiger partial charge in [0.15, 0.2) is 0 Å². The third-order valence-electron chi connectivity index (χ3n) is 2.63. The van der Waals surface area contributed by atoms with Crippen LogP contribution in [-0.2, 0) is 0 Å². The van der Waals surface area contributed by atoms with Crippen molar-refractivity contribution in [3.63, 3.8) is 0 Å². The van der Waals surface area contributed by atoms with Crippen LogP contribution in [0.25, 0.3) is 0 Å². The van der Waals surface area contributed by atoms with E-state index in [-0.39, 0.29) is 17.7 Å². The van der Waals surface area contributed by atoms with E-state index in [4.69, 9.17) is 0 Å². The molecular formula is C11H12BrNO2. The lowest BCUT2D eigenvalue weighted by atomic mass is 10.2. The first-order chi connectivity index (χ1) is 7.08. The summed E-state index contributed by atoms with van der Waals surface area (Å²) in [5, 5.41) is 12.4. The fourth-order valence-electron chi connectivity index (χ4n) is 1.47. The highest BCUT2D eigenvalue weighted by Gasteiger charge is 2.34. The summed E-state index contributed by atoms with van der Waals surface area (Å²) in [6, 6.07) is 5.15. The highest BCUT2D eigenvalue weighted by molar-refractivity contribution is 9.10. The maximum absolute atomic E-state index is 11.7. The number of halogens is 1. The van der Waals surface area contributed by atoms with E-state index in [1.165, 1.54) is 6.07 Å². The number of phenolic OH excluding ortho intramolecular Hbond substituents is 1. The lowest BCUT2D eigenvalue weighted by Gasteiger charge is -2.05. The van der Waals surface area contributed by atoms with Crippen LogP contribution in [-0.4, -0.2) is 17.1 Å². The van der Waals surface area contributed by atoms with Gasteiger partial charge >= 0.3 is 0 Å². The molecule has 1 amide bonds. The molecule has 1 aromatic carbocycles. The summed E-state index contributed by atoms with van der Waals surface area (Å²) in [5.41, 5.74) is 0.331. The molecule has 2 atom stereocenters. The van der Waals surface area contributed by atoms with Gasteiger partial charge in [0, 0.05) is 10.5 Å². The van der Waals surface area contributed by atoms with Crippen molar-refractivity contribution in [1.82, 2.24) is 5.32 Å². The van der Waals surface area contributed by atoms with Crippen molar-refractivity contribution in [2.24, 2.45) is 5.92 Å². The largest absolute Gasteiger partial charge is 0.507 e. The number of aromatic hydroxyl groups is 1. The van der Waals surface area contributed by atoms with Gasteiger partial charge < -0.3 is 10.4 Å².